The van der Waals surface area contributed by atoms with Crippen molar-refractivity contribution in [3.63, 3.8) is 0 Å². The van der Waals surface area contributed by atoms with E-state index in [4.69, 9.17) is 10.5 Å². The minimum absolute atomic E-state index is 0.0111. The number of benzene rings is 1. The normalized spacial score (nSPS) is 22.7. The number of ether oxygens (including phenoxy) is 1. The summed E-state index contributed by atoms with van der Waals surface area (Å²) < 4.78 is 6.23. The molecule has 1 fully saturated rings. The molecule has 0 aromatic heterocycles. The number of halogens is 1. The van der Waals surface area contributed by atoms with Gasteiger partial charge >= 0.3 is 0 Å². The smallest absolute Gasteiger partial charge is 0.258 e. The average molecular weight is 341 g/mol. The van der Waals surface area contributed by atoms with Gasteiger partial charge in [0.2, 0.25) is 0 Å². The van der Waals surface area contributed by atoms with Crippen molar-refractivity contribution in [3.8, 4) is 5.75 Å². The van der Waals surface area contributed by atoms with Gasteiger partial charge in [-0.05, 0) is 44.4 Å². The molecule has 5 heteroatoms. The van der Waals surface area contributed by atoms with Crippen LogP contribution in [-0.2, 0) is 0 Å². The molecule has 1 heterocycles. The Labute approximate surface area is 128 Å². The fourth-order valence-corrected chi connectivity index (χ4v) is 3.21. The Morgan fingerprint density at radius 2 is 2.25 bits per heavy atom. The third-order valence-corrected chi connectivity index (χ3v) is 4.42. The van der Waals surface area contributed by atoms with Crippen molar-refractivity contribution in [3.05, 3.63) is 28.2 Å². The highest BCUT2D eigenvalue weighted by Crippen LogP contribution is 2.29. The maximum absolute atomic E-state index is 12.8. The molecule has 0 radical (unpaired) electrons. The van der Waals surface area contributed by atoms with Crippen LogP contribution in [0.15, 0.2) is 22.7 Å². The molecule has 110 valence electrons. The number of hydrogen-bond acceptors (Lipinski definition) is 3. The van der Waals surface area contributed by atoms with E-state index in [1.165, 1.54) is 0 Å². The first-order valence-corrected chi connectivity index (χ1v) is 7.74. The largest absolute Gasteiger partial charge is 0.496 e. The van der Waals surface area contributed by atoms with E-state index in [0.717, 1.165) is 23.7 Å². The number of carbonyl (C=O) groups excluding carboxylic acids is 1. The van der Waals surface area contributed by atoms with E-state index in [1.54, 1.807) is 13.2 Å². The number of likely N-dealkylation sites (tertiary alicyclic amines) is 1. The molecule has 1 aliphatic heterocycles. The number of amides is 1. The Balaban J connectivity index is 2.33. The zero-order valence-electron chi connectivity index (χ0n) is 11.9. The van der Waals surface area contributed by atoms with Crippen LogP contribution in [0, 0.1) is 0 Å². The van der Waals surface area contributed by atoms with Gasteiger partial charge in [-0.15, -0.1) is 0 Å². The van der Waals surface area contributed by atoms with Gasteiger partial charge in [0, 0.05) is 23.1 Å². The van der Waals surface area contributed by atoms with Crippen LogP contribution in [0.5, 0.6) is 5.75 Å². The number of nitrogens with zero attached hydrogens (tertiary/aromatic N) is 1. The van der Waals surface area contributed by atoms with Gasteiger partial charge in [0.1, 0.15) is 5.75 Å². The minimum Gasteiger partial charge on any atom is -0.496 e. The minimum atomic E-state index is 0.0111. The van der Waals surface area contributed by atoms with Gasteiger partial charge < -0.3 is 15.4 Å². The van der Waals surface area contributed by atoms with E-state index in [9.17, 15) is 4.79 Å². The molecule has 0 bridgehead atoms. The van der Waals surface area contributed by atoms with Gasteiger partial charge in [-0.1, -0.05) is 15.9 Å². The summed E-state index contributed by atoms with van der Waals surface area (Å²) in [6, 6.07) is 5.83. The zero-order chi connectivity index (χ0) is 14.7. The summed E-state index contributed by atoms with van der Waals surface area (Å²) in [6.45, 7) is 2.60. The Kier molecular flexibility index (Phi) is 5.05. The topological polar surface area (TPSA) is 55.6 Å². The second-order valence-electron chi connectivity index (χ2n) is 5.23. The fraction of sp³-hybridized carbons (Fsp3) is 0.533. The van der Waals surface area contributed by atoms with Crippen molar-refractivity contribution in [1.29, 1.82) is 0 Å². The molecule has 1 aromatic carbocycles. The zero-order valence-corrected chi connectivity index (χ0v) is 13.5. The van der Waals surface area contributed by atoms with E-state index < -0.39 is 0 Å². The first-order valence-electron chi connectivity index (χ1n) is 6.94. The van der Waals surface area contributed by atoms with E-state index in [0.29, 0.717) is 17.9 Å². The molecule has 0 spiro atoms. The lowest BCUT2D eigenvalue weighted by Gasteiger charge is -2.40. The molecule has 2 rings (SSSR count). The summed E-state index contributed by atoms with van der Waals surface area (Å²) in [4.78, 5) is 14.8. The summed E-state index contributed by atoms with van der Waals surface area (Å²) in [6.07, 6.45) is 3.14. The van der Waals surface area contributed by atoms with Crippen LogP contribution in [0.25, 0.3) is 0 Å². The number of methoxy groups -OCH3 is 1. The van der Waals surface area contributed by atoms with Gasteiger partial charge in [0.25, 0.3) is 5.91 Å². The van der Waals surface area contributed by atoms with Crippen LogP contribution >= 0.6 is 15.9 Å². The standard InChI is InChI=1S/C15H21BrN2O2/c1-10-4-3-5-12(9-17)18(10)15(19)13-7-6-11(16)8-14(13)20-2/h6-8,10,12H,3-5,9,17H2,1-2H3. The second kappa shape index (κ2) is 6.59. The average Bonchev–Trinajstić information content (AvgIpc) is 2.46. The van der Waals surface area contributed by atoms with Crippen molar-refractivity contribution in [2.24, 2.45) is 5.73 Å². The predicted molar refractivity (Wildman–Crippen MR) is 83.0 cm³/mol. The van der Waals surface area contributed by atoms with Crippen LogP contribution < -0.4 is 10.5 Å². The lowest BCUT2D eigenvalue weighted by molar-refractivity contribution is 0.0491. The number of nitrogens with two attached hydrogens (primary N) is 1. The first kappa shape index (κ1) is 15.3. The third-order valence-electron chi connectivity index (χ3n) is 3.93. The molecular weight excluding hydrogens is 320 g/mol. The molecule has 2 N–H and O–H groups in total. The monoisotopic (exact) mass is 340 g/mol. The van der Waals surface area contributed by atoms with Gasteiger partial charge in [-0.25, -0.2) is 0 Å². The van der Waals surface area contributed by atoms with Crippen molar-refractivity contribution < 1.29 is 9.53 Å². The Hall–Kier alpha value is -1.07. The predicted octanol–water partition coefficient (Wildman–Crippen LogP) is 2.80. The van der Waals surface area contributed by atoms with Crippen molar-refractivity contribution in [2.45, 2.75) is 38.3 Å². The van der Waals surface area contributed by atoms with Gasteiger partial charge in [-0.3, -0.25) is 4.79 Å². The molecule has 1 amide bonds. The van der Waals surface area contributed by atoms with Crippen molar-refractivity contribution >= 4 is 21.8 Å². The third kappa shape index (κ3) is 2.99. The van der Waals surface area contributed by atoms with E-state index >= 15 is 0 Å². The van der Waals surface area contributed by atoms with E-state index in [1.807, 2.05) is 17.0 Å². The molecule has 2 unspecified atom stereocenters. The van der Waals surface area contributed by atoms with Crippen molar-refractivity contribution in [2.75, 3.05) is 13.7 Å². The van der Waals surface area contributed by atoms with Crippen LogP contribution in [-0.4, -0.2) is 36.5 Å². The Bertz CT molecular complexity index is 493. The highest BCUT2D eigenvalue weighted by molar-refractivity contribution is 9.10. The highest BCUT2D eigenvalue weighted by atomic mass is 79.9. The number of piperidine rings is 1. The van der Waals surface area contributed by atoms with Crippen LogP contribution in [0.3, 0.4) is 0 Å². The summed E-state index contributed by atoms with van der Waals surface area (Å²) >= 11 is 3.39. The van der Waals surface area contributed by atoms with Gasteiger partial charge in [0.15, 0.2) is 0 Å². The van der Waals surface area contributed by atoms with Gasteiger partial charge in [-0.2, -0.15) is 0 Å². The molecule has 4 nitrogen and oxygen atoms in total. The Morgan fingerprint density at radius 3 is 2.90 bits per heavy atom. The second-order valence-corrected chi connectivity index (χ2v) is 6.14. The highest BCUT2D eigenvalue weighted by Gasteiger charge is 2.32. The summed E-state index contributed by atoms with van der Waals surface area (Å²) in [7, 11) is 1.58. The summed E-state index contributed by atoms with van der Waals surface area (Å²) in [5.74, 6) is 0.606. The quantitative estimate of drug-likeness (QED) is 0.920. The van der Waals surface area contributed by atoms with Gasteiger partial charge in [0.05, 0.1) is 12.7 Å². The molecule has 20 heavy (non-hydrogen) atoms. The number of carbonyl (C=O) groups is 1. The lowest BCUT2D eigenvalue weighted by Crippen LogP contribution is -2.51. The van der Waals surface area contributed by atoms with E-state index in [-0.39, 0.29) is 18.0 Å². The molecule has 0 aliphatic carbocycles. The SMILES string of the molecule is COc1cc(Br)ccc1C(=O)N1C(C)CCCC1CN. The molecule has 1 aliphatic rings. The van der Waals surface area contributed by atoms with Crippen molar-refractivity contribution in [1.82, 2.24) is 4.90 Å². The summed E-state index contributed by atoms with van der Waals surface area (Å²) in [5, 5.41) is 0. The first-order chi connectivity index (χ1) is 9.58. The molecular formula is C15H21BrN2O2. The molecule has 0 saturated carbocycles. The summed E-state index contributed by atoms with van der Waals surface area (Å²) in [5.41, 5.74) is 6.43. The van der Waals surface area contributed by atoms with Crippen LogP contribution in [0.1, 0.15) is 36.5 Å². The van der Waals surface area contributed by atoms with Crippen LogP contribution in [0.2, 0.25) is 0 Å². The number of rotatable bonds is 3. The molecule has 2 atom stereocenters. The molecule has 1 saturated heterocycles. The molecule has 1 aromatic rings. The van der Waals surface area contributed by atoms with Crippen LogP contribution in [0.4, 0.5) is 0 Å². The Morgan fingerprint density at radius 1 is 1.50 bits per heavy atom. The maximum atomic E-state index is 12.8. The fourth-order valence-electron chi connectivity index (χ4n) is 2.87. The maximum Gasteiger partial charge on any atom is 0.258 e. The number of hydrogen-bond donors (Lipinski definition) is 1. The lowest BCUT2D eigenvalue weighted by atomic mass is 9.95. The van der Waals surface area contributed by atoms with E-state index in [2.05, 4.69) is 22.9 Å².